The molecule has 1 unspecified atom stereocenters. The molecule has 0 fully saturated rings. The zero-order valence-corrected chi connectivity index (χ0v) is 15.3. The van der Waals surface area contributed by atoms with Crippen LogP contribution in [0.2, 0.25) is 0 Å². The summed E-state index contributed by atoms with van der Waals surface area (Å²) in [6.07, 6.45) is 19.0. The van der Waals surface area contributed by atoms with E-state index in [4.69, 9.17) is 6.42 Å². The Hall–Kier alpha value is -1.22. The lowest BCUT2D eigenvalue weighted by Crippen LogP contribution is -1.95. The summed E-state index contributed by atoms with van der Waals surface area (Å²) in [5.74, 6) is 7.78. The Kier molecular flexibility index (Phi) is 11.4. The lowest BCUT2D eigenvalue weighted by atomic mass is 10.1. The van der Waals surface area contributed by atoms with Crippen molar-refractivity contribution in [3.63, 3.8) is 0 Å². The highest BCUT2D eigenvalue weighted by Gasteiger charge is 1.99. The molecule has 0 aliphatic carbocycles. The van der Waals surface area contributed by atoms with Gasteiger partial charge in [0, 0.05) is 4.88 Å². The molecule has 0 aliphatic heterocycles. The molecular formula is C21H30OS. The number of unbranched alkanes of at least 4 members (excludes halogenated alkanes) is 9. The SMILES string of the molecule is C#CC(O)C#Cc1ccc(CCCCCCCCCCCC)s1. The lowest BCUT2D eigenvalue weighted by Gasteiger charge is -2.01. The smallest absolute Gasteiger partial charge is 0.176 e. The minimum atomic E-state index is -0.956. The van der Waals surface area contributed by atoms with E-state index in [1.54, 1.807) is 11.3 Å². The molecule has 2 heteroatoms. The first kappa shape index (κ1) is 19.8. The molecule has 1 atom stereocenters. The van der Waals surface area contributed by atoms with Crippen LogP contribution in [0, 0.1) is 24.2 Å². The number of aliphatic hydroxyl groups is 1. The van der Waals surface area contributed by atoms with Crippen molar-refractivity contribution in [2.75, 3.05) is 0 Å². The summed E-state index contributed by atoms with van der Waals surface area (Å²) in [4.78, 5) is 2.37. The Morgan fingerprint density at radius 3 is 2.22 bits per heavy atom. The number of aliphatic hydroxyl groups excluding tert-OH is 1. The normalized spacial score (nSPS) is 11.5. The van der Waals surface area contributed by atoms with Crippen LogP contribution >= 0.6 is 11.3 Å². The van der Waals surface area contributed by atoms with E-state index in [0.717, 1.165) is 11.3 Å². The fraction of sp³-hybridized carbons (Fsp3) is 0.619. The average molecular weight is 331 g/mol. The molecule has 0 spiro atoms. The first-order valence-corrected chi connectivity index (χ1v) is 9.82. The largest absolute Gasteiger partial charge is 0.369 e. The summed E-state index contributed by atoms with van der Waals surface area (Å²) in [7, 11) is 0. The van der Waals surface area contributed by atoms with Crippen LogP contribution < -0.4 is 0 Å². The van der Waals surface area contributed by atoms with Gasteiger partial charge >= 0.3 is 0 Å². The summed E-state index contributed by atoms with van der Waals surface area (Å²) >= 11 is 1.71. The molecule has 1 heterocycles. The molecule has 1 aromatic heterocycles. The maximum Gasteiger partial charge on any atom is 0.176 e. The lowest BCUT2D eigenvalue weighted by molar-refractivity contribution is 0.290. The number of aryl methyl sites for hydroxylation is 1. The van der Waals surface area contributed by atoms with Crippen molar-refractivity contribution in [1.82, 2.24) is 0 Å². The fourth-order valence-corrected chi connectivity index (χ4v) is 3.46. The molecule has 0 aromatic carbocycles. The Balaban J connectivity index is 2.05. The van der Waals surface area contributed by atoms with Gasteiger partial charge in [0.25, 0.3) is 0 Å². The third-order valence-corrected chi connectivity index (χ3v) is 4.99. The maximum absolute atomic E-state index is 9.23. The second kappa shape index (κ2) is 13.2. The molecule has 126 valence electrons. The summed E-state index contributed by atoms with van der Waals surface area (Å²) < 4.78 is 0. The predicted molar refractivity (Wildman–Crippen MR) is 102 cm³/mol. The molecular weight excluding hydrogens is 300 g/mol. The van der Waals surface area contributed by atoms with Crippen molar-refractivity contribution in [3.05, 3.63) is 21.9 Å². The predicted octanol–water partition coefficient (Wildman–Crippen LogP) is 5.56. The van der Waals surface area contributed by atoms with Crippen LogP contribution in [-0.2, 0) is 6.42 Å². The van der Waals surface area contributed by atoms with Crippen LogP contribution in [0.25, 0.3) is 0 Å². The van der Waals surface area contributed by atoms with Crippen LogP contribution in [0.5, 0.6) is 0 Å². The minimum absolute atomic E-state index is 0.956. The highest BCUT2D eigenvalue weighted by molar-refractivity contribution is 7.12. The minimum Gasteiger partial charge on any atom is -0.369 e. The Morgan fingerprint density at radius 2 is 1.61 bits per heavy atom. The van der Waals surface area contributed by atoms with E-state index in [1.807, 2.05) is 6.07 Å². The van der Waals surface area contributed by atoms with E-state index in [2.05, 4.69) is 30.8 Å². The van der Waals surface area contributed by atoms with Gasteiger partial charge in [-0.05, 0) is 25.0 Å². The third-order valence-electron chi connectivity index (χ3n) is 3.93. The Bertz CT molecular complexity index is 512. The summed E-state index contributed by atoms with van der Waals surface area (Å²) in [5.41, 5.74) is 0. The second-order valence-electron chi connectivity index (χ2n) is 6.04. The highest BCUT2D eigenvalue weighted by atomic mass is 32.1. The number of hydrogen-bond donors (Lipinski definition) is 1. The maximum atomic E-state index is 9.23. The van der Waals surface area contributed by atoms with Gasteiger partial charge in [-0.2, -0.15) is 0 Å². The number of rotatable bonds is 11. The summed E-state index contributed by atoms with van der Waals surface area (Å²) in [6.45, 7) is 2.27. The molecule has 0 amide bonds. The summed E-state index contributed by atoms with van der Waals surface area (Å²) in [5, 5.41) is 9.23. The van der Waals surface area contributed by atoms with Gasteiger partial charge in [0.05, 0.1) is 4.88 Å². The zero-order valence-electron chi connectivity index (χ0n) is 14.4. The molecule has 0 bridgehead atoms. The van der Waals surface area contributed by atoms with E-state index < -0.39 is 6.10 Å². The van der Waals surface area contributed by atoms with E-state index in [-0.39, 0.29) is 0 Å². The first-order valence-electron chi connectivity index (χ1n) is 9.00. The van der Waals surface area contributed by atoms with Crippen LogP contribution in [0.4, 0.5) is 0 Å². The Labute approximate surface area is 146 Å². The Morgan fingerprint density at radius 1 is 1.00 bits per heavy atom. The standard InChI is InChI=1S/C21H30OS/c1-3-5-6-7-8-9-10-11-12-13-14-20-17-18-21(23-20)16-15-19(22)4-2/h2,17-19,22H,3,5-14H2,1H3. The van der Waals surface area contributed by atoms with Crippen LogP contribution in [-0.4, -0.2) is 11.2 Å². The van der Waals surface area contributed by atoms with Crippen molar-refractivity contribution in [1.29, 1.82) is 0 Å². The van der Waals surface area contributed by atoms with Crippen molar-refractivity contribution in [3.8, 4) is 24.2 Å². The van der Waals surface area contributed by atoms with Gasteiger partial charge in [0.2, 0.25) is 0 Å². The van der Waals surface area contributed by atoms with Crippen LogP contribution in [0.15, 0.2) is 12.1 Å². The topological polar surface area (TPSA) is 20.2 Å². The molecule has 23 heavy (non-hydrogen) atoms. The van der Waals surface area contributed by atoms with Crippen LogP contribution in [0.3, 0.4) is 0 Å². The van der Waals surface area contributed by atoms with E-state index in [9.17, 15) is 5.11 Å². The first-order chi connectivity index (χ1) is 11.3. The average Bonchev–Trinajstić information content (AvgIpc) is 3.02. The molecule has 1 N–H and O–H groups in total. The van der Waals surface area contributed by atoms with Gasteiger partial charge in [-0.25, -0.2) is 0 Å². The van der Waals surface area contributed by atoms with Gasteiger partial charge in [0.1, 0.15) is 0 Å². The quantitative estimate of drug-likeness (QED) is 0.416. The van der Waals surface area contributed by atoms with Gasteiger partial charge < -0.3 is 5.11 Å². The molecule has 0 aliphatic rings. The monoisotopic (exact) mass is 330 g/mol. The van der Waals surface area contributed by atoms with E-state index in [1.165, 1.54) is 69.1 Å². The van der Waals surface area contributed by atoms with Crippen LogP contribution in [0.1, 0.15) is 80.9 Å². The van der Waals surface area contributed by atoms with Gasteiger partial charge in [-0.3, -0.25) is 0 Å². The second-order valence-corrected chi connectivity index (χ2v) is 7.20. The van der Waals surface area contributed by atoms with Crippen molar-refractivity contribution >= 4 is 11.3 Å². The molecule has 0 radical (unpaired) electrons. The zero-order chi connectivity index (χ0) is 16.8. The fourth-order valence-electron chi connectivity index (χ4n) is 2.55. The highest BCUT2D eigenvalue weighted by Crippen LogP contribution is 2.19. The van der Waals surface area contributed by atoms with Crippen molar-refractivity contribution in [2.24, 2.45) is 0 Å². The van der Waals surface area contributed by atoms with Crippen molar-refractivity contribution < 1.29 is 5.11 Å². The van der Waals surface area contributed by atoms with Gasteiger partial charge in [-0.1, -0.05) is 82.5 Å². The molecule has 0 saturated carbocycles. The number of thiophene rings is 1. The van der Waals surface area contributed by atoms with Gasteiger partial charge in [-0.15, -0.1) is 17.8 Å². The molecule has 1 nitrogen and oxygen atoms in total. The van der Waals surface area contributed by atoms with E-state index in [0.29, 0.717) is 0 Å². The third kappa shape index (κ3) is 10.2. The molecule has 1 rings (SSSR count). The molecule has 1 aromatic rings. The summed E-state index contributed by atoms with van der Waals surface area (Å²) in [6, 6.07) is 4.16. The number of terminal acetylenes is 1. The molecule has 0 saturated heterocycles. The van der Waals surface area contributed by atoms with Gasteiger partial charge in [0.15, 0.2) is 6.10 Å². The van der Waals surface area contributed by atoms with Crippen molar-refractivity contribution in [2.45, 2.75) is 83.7 Å². The van der Waals surface area contributed by atoms with E-state index >= 15 is 0 Å². The number of hydrogen-bond acceptors (Lipinski definition) is 2.